The normalized spacial score (nSPS) is 19.2. The Kier molecular flexibility index (Phi) is 4.29. The van der Waals surface area contributed by atoms with Crippen LogP contribution in [-0.4, -0.2) is 30.0 Å². The lowest BCUT2D eigenvalue weighted by molar-refractivity contribution is 0.0528. The van der Waals surface area contributed by atoms with Gasteiger partial charge in [-0.25, -0.2) is 4.79 Å². The van der Waals surface area contributed by atoms with E-state index in [9.17, 15) is 4.79 Å². The summed E-state index contributed by atoms with van der Waals surface area (Å²) >= 11 is 1.29. The van der Waals surface area contributed by atoms with Crippen molar-refractivity contribution in [1.29, 1.82) is 0 Å². The van der Waals surface area contributed by atoms with E-state index in [0.717, 1.165) is 24.5 Å². The number of hydrogen-bond donors (Lipinski definition) is 1. The Hall–Kier alpha value is -1.30. The van der Waals surface area contributed by atoms with Crippen LogP contribution in [0.5, 0.6) is 0 Å². The number of carbonyl (C=O) groups is 1. The SMILES string of the molecule is CCOC(=O)c1c(N)nsc1N1CCC(C(C)C)C1. The minimum absolute atomic E-state index is 0.284. The van der Waals surface area contributed by atoms with Gasteiger partial charge in [0.1, 0.15) is 10.6 Å². The lowest BCUT2D eigenvalue weighted by Gasteiger charge is -2.19. The Bertz CT molecular complexity index is 459. The fourth-order valence-electron chi connectivity index (χ4n) is 2.42. The second-order valence-electron chi connectivity index (χ2n) is 5.21. The number of anilines is 2. The molecule has 6 heteroatoms. The standard InChI is InChI=1S/C13H21N3O2S/c1-4-18-13(17)10-11(14)15-19-12(10)16-6-5-9(7-16)8(2)3/h8-9H,4-7H2,1-3H3,(H2,14,15). The average molecular weight is 283 g/mol. The molecule has 0 aliphatic carbocycles. The smallest absolute Gasteiger partial charge is 0.345 e. The van der Waals surface area contributed by atoms with Crippen molar-refractivity contribution in [3.8, 4) is 0 Å². The summed E-state index contributed by atoms with van der Waals surface area (Å²) in [6, 6.07) is 0. The Morgan fingerprint density at radius 1 is 1.63 bits per heavy atom. The molecule has 1 aliphatic heterocycles. The van der Waals surface area contributed by atoms with E-state index in [-0.39, 0.29) is 11.8 Å². The summed E-state index contributed by atoms with van der Waals surface area (Å²) in [4.78, 5) is 14.2. The molecule has 1 atom stereocenters. The van der Waals surface area contributed by atoms with Gasteiger partial charge in [0.15, 0.2) is 5.82 Å². The summed E-state index contributed by atoms with van der Waals surface area (Å²) in [6.07, 6.45) is 1.15. The number of hydrogen-bond acceptors (Lipinski definition) is 6. The fourth-order valence-corrected chi connectivity index (χ4v) is 3.26. The van der Waals surface area contributed by atoms with Crippen molar-refractivity contribution in [3.63, 3.8) is 0 Å². The van der Waals surface area contributed by atoms with E-state index < -0.39 is 0 Å². The molecule has 0 bridgehead atoms. The summed E-state index contributed by atoms with van der Waals surface area (Å²) in [6.45, 7) is 8.53. The van der Waals surface area contributed by atoms with Crippen LogP contribution < -0.4 is 10.6 Å². The maximum Gasteiger partial charge on any atom is 0.345 e. The predicted octanol–water partition coefficient (Wildman–Crippen LogP) is 2.38. The molecule has 2 heterocycles. The fraction of sp³-hybridized carbons (Fsp3) is 0.692. The van der Waals surface area contributed by atoms with Crippen LogP contribution in [0.2, 0.25) is 0 Å². The highest BCUT2D eigenvalue weighted by Crippen LogP contribution is 2.36. The lowest BCUT2D eigenvalue weighted by Crippen LogP contribution is -2.22. The minimum Gasteiger partial charge on any atom is -0.462 e. The van der Waals surface area contributed by atoms with Crippen LogP contribution >= 0.6 is 11.5 Å². The van der Waals surface area contributed by atoms with Crippen LogP contribution in [0.1, 0.15) is 37.6 Å². The second-order valence-corrected chi connectivity index (χ2v) is 5.96. The van der Waals surface area contributed by atoms with Crippen molar-refractivity contribution < 1.29 is 9.53 Å². The summed E-state index contributed by atoms with van der Waals surface area (Å²) in [5.74, 6) is 1.24. The molecule has 0 radical (unpaired) electrons. The molecule has 0 saturated carbocycles. The van der Waals surface area contributed by atoms with Gasteiger partial charge in [-0.05, 0) is 36.7 Å². The van der Waals surface area contributed by atoms with Crippen molar-refractivity contribution in [2.45, 2.75) is 27.2 Å². The molecule has 2 rings (SSSR count). The van der Waals surface area contributed by atoms with Crippen molar-refractivity contribution in [3.05, 3.63) is 5.56 Å². The van der Waals surface area contributed by atoms with Crippen molar-refractivity contribution >= 4 is 28.3 Å². The lowest BCUT2D eigenvalue weighted by atomic mass is 9.95. The molecule has 0 amide bonds. The summed E-state index contributed by atoms with van der Waals surface area (Å²) < 4.78 is 9.17. The van der Waals surface area contributed by atoms with E-state index in [1.54, 1.807) is 6.92 Å². The quantitative estimate of drug-likeness (QED) is 0.859. The first kappa shape index (κ1) is 14.1. The van der Waals surface area contributed by atoms with Gasteiger partial charge in [0.05, 0.1) is 6.61 Å². The zero-order valence-corrected chi connectivity index (χ0v) is 12.5. The molecule has 0 aromatic carbocycles. The van der Waals surface area contributed by atoms with Gasteiger partial charge >= 0.3 is 5.97 Å². The molecule has 1 aromatic rings. The second kappa shape index (κ2) is 5.77. The number of nitrogens with two attached hydrogens (primary N) is 1. The molecule has 1 aliphatic rings. The maximum absolute atomic E-state index is 12.0. The monoisotopic (exact) mass is 283 g/mol. The number of ether oxygens (including phenoxy) is 1. The van der Waals surface area contributed by atoms with Gasteiger partial charge in [0.25, 0.3) is 0 Å². The highest BCUT2D eigenvalue weighted by atomic mass is 32.1. The van der Waals surface area contributed by atoms with Gasteiger partial charge in [0.2, 0.25) is 0 Å². The van der Waals surface area contributed by atoms with E-state index in [1.807, 2.05) is 0 Å². The third kappa shape index (κ3) is 2.83. The van der Waals surface area contributed by atoms with Crippen molar-refractivity contribution in [1.82, 2.24) is 4.37 Å². The van der Waals surface area contributed by atoms with E-state index >= 15 is 0 Å². The van der Waals surface area contributed by atoms with E-state index in [4.69, 9.17) is 10.5 Å². The summed E-state index contributed by atoms with van der Waals surface area (Å²) in [5, 5.41) is 0.860. The van der Waals surface area contributed by atoms with E-state index in [0.29, 0.717) is 24.0 Å². The van der Waals surface area contributed by atoms with Crippen LogP contribution in [0.15, 0.2) is 0 Å². The number of nitrogen functional groups attached to an aromatic ring is 1. The van der Waals surface area contributed by atoms with Crippen LogP contribution in [0.4, 0.5) is 10.8 Å². The van der Waals surface area contributed by atoms with Crippen LogP contribution in [-0.2, 0) is 4.74 Å². The van der Waals surface area contributed by atoms with Gasteiger partial charge in [-0.3, -0.25) is 0 Å². The highest BCUT2D eigenvalue weighted by molar-refractivity contribution is 7.11. The number of nitrogens with zero attached hydrogens (tertiary/aromatic N) is 2. The average Bonchev–Trinajstić information content (AvgIpc) is 2.95. The van der Waals surface area contributed by atoms with Gasteiger partial charge in [-0.1, -0.05) is 13.8 Å². The zero-order chi connectivity index (χ0) is 14.0. The molecule has 1 fully saturated rings. The van der Waals surface area contributed by atoms with Gasteiger partial charge in [-0.2, -0.15) is 4.37 Å². The maximum atomic E-state index is 12.0. The van der Waals surface area contributed by atoms with Gasteiger partial charge in [0, 0.05) is 13.1 Å². The molecular formula is C13H21N3O2S. The van der Waals surface area contributed by atoms with Gasteiger partial charge < -0.3 is 15.4 Å². The Morgan fingerprint density at radius 3 is 2.95 bits per heavy atom. The molecule has 106 valence electrons. The van der Waals surface area contributed by atoms with Crippen LogP contribution in [0.3, 0.4) is 0 Å². The Morgan fingerprint density at radius 2 is 2.37 bits per heavy atom. The Labute approximate surface area is 117 Å². The zero-order valence-electron chi connectivity index (χ0n) is 11.7. The first-order chi connectivity index (χ1) is 9.04. The largest absolute Gasteiger partial charge is 0.462 e. The number of esters is 1. The third-order valence-electron chi connectivity index (χ3n) is 3.63. The molecular weight excluding hydrogens is 262 g/mol. The minimum atomic E-state index is -0.364. The molecule has 1 saturated heterocycles. The summed E-state index contributed by atoms with van der Waals surface area (Å²) in [7, 11) is 0. The summed E-state index contributed by atoms with van der Waals surface area (Å²) in [5.41, 5.74) is 6.25. The number of aromatic nitrogens is 1. The topological polar surface area (TPSA) is 68.5 Å². The van der Waals surface area contributed by atoms with Crippen molar-refractivity contribution in [2.75, 3.05) is 30.3 Å². The Balaban J connectivity index is 2.20. The molecule has 19 heavy (non-hydrogen) atoms. The third-order valence-corrected chi connectivity index (χ3v) is 4.56. The predicted molar refractivity (Wildman–Crippen MR) is 77.6 cm³/mol. The first-order valence-electron chi connectivity index (χ1n) is 6.71. The van der Waals surface area contributed by atoms with Crippen molar-refractivity contribution in [2.24, 2.45) is 11.8 Å². The number of carbonyl (C=O) groups excluding carboxylic acids is 1. The van der Waals surface area contributed by atoms with Crippen LogP contribution in [0, 0.1) is 11.8 Å². The molecule has 0 spiro atoms. The highest BCUT2D eigenvalue weighted by Gasteiger charge is 2.31. The first-order valence-corrected chi connectivity index (χ1v) is 7.49. The number of rotatable bonds is 4. The molecule has 2 N–H and O–H groups in total. The van der Waals surface area contributed by atoms with E-state index in [2.05, 4.69) is 23.1 Å². The van der Waals surface area contributed by atoms with Gasteiger partial charge in [-0.15, -0.1) is 0 Å². The van der Waals surface area contributed by atoms with Crippen LogP contribution in [0.25, 0.3) is 0 Å². The molecule has 5 nitrogen and oxygen atoms in total. The molecule has 1 aromatic heterocycles. The molecule has 1 unspecified atom stereocenters. The van der Waals surface area contributed by atoms with E-state index in [1.165, 1.54) is 11.5 Å².